The van der Waals surface area contributed by atoms with Gasteiger partial charge in [0.15, 0.2) is 0 Å². The van der Waals surface area contributed by atoms with E-state index in [1.165, 1.54) is 27.9 Å². The van der Waals surface area contributed by atoms with Gasteiger partial charge in [-0.15, -0.1) is 11.3 Å². The van der Waals surface area contributed by atoms with Crippen LogP contribution < -0.4 is 5.32 Å². The predicted molar refractivity (Wildman–Crippen MR) is 77.3 cm³/mol. The molecule has 0 spiro atoms. The fourth-order valence-corrected chi connectivity index (χ4v) is 3.14. The molecule has 0 saturated heterocycles. The van der Waals surface area contributed by atoms with E-state index in [0.29, 0.717) is 6.04 Å². The topological polar surface area (TPSA) is 12.0 Å². The van der Waals surface area contributed by atoms with E-state index in [2.05, 4.69) is 54.2 Å². The second-order valence-corrected chi connectivity index (χ2v) is 7.29. The Labute approximate surface area is 112 Å². The van der Waals surface area contributed by atoms with Crippen molar-refractivity contribution in [1.82, 2.24) is 5.32 Å². The second-order valence-electron chi connectivity index (χ2n) is 4.75. The van der Waals surface area contributed by atoms with Crippen molar-refractivity contribution in [3.63, 3.8) is 0 Å². The quantitative estimate of drug-likeness (QED) is 0.784. The van der Waals surface area contributed by atoms with Crippen molar-refractivity contribution in [2.45, 2.75) is 46.1 Å². The first-order valence-electron chi connectivity index (χ1n) is 6.05. The SMILES string of the molecule is CC(CCNC(C)C)CCc1ccc(Br)s1. The molecule has 1 N–H and O–H groups in total. The van der Waals surface area contributed by atoms with E-state index >= 15 is 0 Å². The Morgan fingerprint density at radius 1 is 1.25 bits per heavy atom. The summed E-state index contributed by atoms with van der Waals surface area (Å²) >= 11 is 5.37. The van der Waals surface area contributed by atoms with Crippen LogP contribution in [0.15, 0.2) is 15.9 Å². The van der Waals surface area contributed by atoms with Crippen LogP contribution in [0.1, 0.15) is 38.5 Å². The largest absolute Gasteiger partial charge is 0.315 e. The average molecular weight is 304 g/mol. The maximum absolute atomic E-state index is 3.51. The van der Waals surface area contributed by atoms with Gasteiger partial charge in [0, 0.05) is 10.9 Å². The third-order valence-corrected chi connectivity index (χ3v) is 4.39. The molecule has 1 heterocycles. The lowest BCUT2D eigenvalue weighted by Gasteiger charge is -2.13. The average Bonchev–Trinajstić information content (AvgIpc) is 2.61. The molecule has 0 aliphatic heterocycles. The summed E-state index contributed by atoms with van der Waals surface area (Å²) in [5.41, 5.74) is 0. The zero-order chi connectivity index (χ0) is 12.0. The van der Waals surface area contributed by atoms with Gasteiger partial charge in [0.1, 0.15) is 0 Å². The minimum absolute atomic E-state index is 0.612. The van der Waals surface area contributed by atoms with Crippen LogP contribution in [0.4, 0.5) is 0 Å². The van der Waals surface area contributed by atoms with Crippen molar-refractivity contribution in [3.05, 3.63) is 20.8 Å². The zero-order valence-electron chi connectivity index (χ0n) is 10.4. The van der Waals surface area contributed by atoms with Crippen molar-refractivity contribution in [2.75, 3.05) is 6.54 Å². The molecule has 1 aromatic heterocycles. The summed E-state index contributed by atoms with van der Waals surface area (Å²) in [4.78, 5) is 1.50. The standard InChI is InChI=1S/C13H22BrNS/c1-10(2)15-9-8-11(3)4-5-12-6-7-13(14)16-12/h6-7,10-11,15H,4-5,8-9H2,1-3H3. The van der Waals surface area contributed by atoms with Gasteiger partial charge < -0.3 is 5.32 Å². The minimum Gasteiger partial charge on any atom is -0.315 e. The van der Waals surface area contributed by atoms with Crippen LogP contribution in [-0.4, -0.2) is 12.6 Å². The summed E-state index contributed by atoms with van der Waals surface area (Å²) in [5.74, 6) is 0.812. The van der Waals surface area contributed by atoms with Crippen LogP contribution in [0, 0.1) is 5.92 Å². The summed E-state index contributed by atoms with van der Waals surface area (Å²) in [7, 11) is 0. The minimum atomic E-state index is 0.612. The molecule has 92 valence electrons. The number of hydrogen-bond acceptors (Lipinski definition) is 2. The van der Waals surface area contributed by atoms with Gasteiger partial charge >= 0.3 is 0 Å². The molecule has 0 saturated carbocycles. The zero-order valence-corrected chi connectivity index (χ0v) is 12.8. The highest BCUT2D eigenvalue weighted by Crippen LogP contribution is 2.24. The first-order valence-corrected chi connectivity index (χ1v) is 7.66. The Hall–Kier alpha value is 0.140. The molecular weight excluding hydrogens is 282 g/mol. The molecule has 0 radical (unpaired) electrons. The Morgan fingerprint density at radius 2 is 2.00 bits per heavy atom. The molecule has 1 atom stereocenters. The molecule has 3 heteroatoms. The number of halogens is 1. The van der Waals surface area contributed by atoms with Crippen molar-refractivity contribution >= 4 is 27.3 Å². The summed E-state index contributed by atoms with van der Waals surface area (Å²) in [5, 5.41) is 3.47. The van der Waals surface area contributed by atoms with Crippen LogP contribution in [0.3, 0.4) is 0 Å². The molecule has 1 nitrogen and oxygen atoms in total. The number of hydrogen-bond donors (Lipinski definition) is 1. The molecule has 0 aliphatic rings. The molecule has 0 amide bonds. The van der Waals surface area contributed by atoms with Gasteiger partial charge in [-0.1, -0.05) is 20.8 Å². The summed E-state index contributed by atoms with van der Waals surface area (Å²) < 4.78 is 1.25. The van der Waals surface area contributed by atoms with E-state index < -0.39 is 0 Å². The predicted octanol–water partition coefficient (Wildman–Crippen LogP) is 4.47. The lowest BCUT2D eigenvalue weighted by Crippen LogP contribution is -2.24. The Kier molecular flexibility index (Phi) is 6.62. The fourth-order valence-electron chi connectivity index (χ4n) is 1.64. The van der Waals surface area contributed by atoms with E-state index in [1.807, 2.05) is 11.3 Å². The molecule has 16 heavy (non-hydrogen) atoms. The van der Waals surface area contributed by atoms with Crippen LogP contribution in [0.25, 0.3) is 0 Å². The van der Waals surface area contributed by atoms with Gasteiger partial charge in [0.25, 0.3) is 0 Å². The van der Waals surface area contributed by atoms with E-state index in [-0.39, 0.29) is 0 Å². The number of aryl methyl sites for hydroxylation is 1. The third-order valence-electron chi connectivity index (χ3n) is 2.70. The number of nitrogens with one attached hydrogen (secondary N) is 1. The normalized spacial score (nSPS) is 13.3. The van der Waals surface area contributed by atoms with Crippen LogP contribution >= 0.6 is 27.3 Å². The first kappa shape index (κ1) is 14.2. The highest BCUT2D eigenvalue weighted by molar-refractivity contribution is 9.11. The maximum Gasteiger partial charge on any atom is 0.0701 e. The molecule has 0 fully saturated rings. The van der Waals surface area contributed by atoms with E-state index in [1.54, 1.807) is 0 Å². The van der Waals surface area contributed by atoms with Gasteiger partial charge in [0.2, 0.25) is 0 Å². The molecule has 1 unspecified atom stereocenters. The first-order chi connectivity index (χ1) is 7.58. The molecule has 0 bridgehead atoms. The third kappa shape index (κ3) is 6.02. The van der Waals surface area contributed by atoms with Crippen LogP contribution in [0.5, 0.6) is 0 Å². The number of rotatable bonds is 7. The van der Waals surface area contributed by atoms with E-state index in [0.717, 1.165) is 12.5 Å². The molecule has 0 aliphatic carbocycles. The second kappa shape index (κ2) is 7.46. The lowest BCUT2D eigenvalue weighted by molar-refractivity contribution is 0.455. The smallest absolute Gasteiger partial charge is 0.0701 e. The molecule has 1 rings (SSSR count). The van der Waals surface area contributed by atoms with Crippen molar-refractivity contribution in [2.24, 2.45) is 5.92 Å². The van der Waals surface area contributed by atoms with Crippen LogP contribution in [-0.2, 0) is 6.42 Å². The number of thiophene rings is 1. The van der Waals surface area contributed by atoms with Crippen molar-refractivity contribution < 1.29 is 0 Å². The van der Waals surface area contributed by atoms with Gasteiger partial charge in [0.05, 0.1) is 3.79 Å². The molecule has 0 aromatic carbocycles. The van der Waals surface area contributed by atoms with Gasteiger partial charge in [-0.3, -0.25) is 0 Å². The molecule has 1 aromatic rings. The Balaban J connectivity index is 2.12. The van der Waals surface area contributed by atoms with Gasteiger partial charge in [-0.2, -0.15) is 0 Å². The summed E-state index contributed by atoms with van der Waals surface area (Å²) in [6.45, 7) is 7.90. The Bertz CT molecular complexity index is 296. The van der Waals surface area contributed by atoms with Crippen LogP contribution in [0.2, 0.25) is 0 Å². The van der Waals surface area contributed by atoms with Crippen molar-refractivity contribution in [3.8, 4) is 0 Å². The fraction of sp³-hybridized carbons (Fsp3) is 0.692. The highest BCUT2D eigenvalue weighted by Gasteiger charge is 2.04. The maximum atomic E-state index is 3.51. The Morgan fingerprint density at radius 3 is 2.56 bits per heavy atom. The van der Waals surface area contributed by atoms with E-state index in [9.17, 15) is 0 Å². The van der Waals surface area contributed by atoms with Gasteiger partial charge in [-0.05, 0) is 59.8 Å². The molecular formula is C13H22BrNS. The highest BCUT2D eigenvalue weighted by atomic mass is 79.9. The van der Waals surface area contributed by atoms with E-state index in [4.69, 9.17) is 0 Å². The summed E-state index contributed by atoms with van der Waals surface area (Å²) in [6.07, 6.45) is 3.80. The van der Waals surface area contributed by atoms with Gasteiger partial charge in [-0.25, -0.2) is 0 Å². The monoisotopic (exact) mass is 303 g/mol. The lowest BCUT2D eigenvalue weighted by atomic mass is 10.0. The van der Waals surface area contributed by atoms with Crippen molar-refractivity contribution in [1.29, 1.82) is 0 Å². The summed E-state index contributed by atoms with van der Waals surface area (Å²) in [6, 6.07) is 4.99.